The van der Waals surface area contributed by atoms with E-state index in [2.05, 4.69) is 17.0 Å². The van der Waals surface area contributed by atoms with E-state index < -0.39 is 47.8 Å². The van der Waals surface area contributed by atoms with Crippen LogP contribution >= 0.6 is 0 Å². The summed E-state index contributed by atoms with van der Waals surface area (Å²) >= 11 is 0. The molecule has 0 heterocycles. The van der Waals surface area contributed by atoms with Crippen molar-refractivity contribution >= 4 is 29.6 Å². The van der Waals surface area contributed by atoms with Gasteiger partial charge in [-0.05, 0) is 32.1 Å². The highest BCUT2D eigenvalue weighted by Crippen LogP contribution is 2.27. The van der Waals surface area contributed by atoms with Gasteiger partial charge in [0.15, 0.2) is 5.60 Å². The third-order valence-electron chi connectivity index (χ3n) is 6.65. The van der Waals surface area contributed by atoms with Gasteiger partial charge in [-0.25, -0.2) is 9.59 Å². The van der Waals surface area contributed by atoms with Gasteiger partial charge in [-0.3, -0.25) is 14.4 Å². The second-order valence-corrected chi connectivity index (χ2v) is 9.72. The van der Waals surface area contributed by atoms with Crippen LogP contribution in [0.5, 0.6) is 0 Å². The lowest BCUT2D eigenvalue weighted by atomic mass is 9.82. The van der Waals surface area contributed by atoms with E-state index in [9.17, 15) is 29.1 Å². The Balaban J connectivity index is 5.12. The SMILES string of the molecule is CCCCCCCC(=O)CCCCCC/C=C\C(C(=O)NC(CC)C(=O)OC)C(O)(CC(=O)OC)C(=O)OC. The van der Waals surface area contributed by atoms with Crippen LogP contribution in [0.15, 0.2) is 12.2 Å². The average Bonchev–Trinajstić information content (AvgIpc) is 2.93. The standard InChI is InChI=1S/C29H49NO9/c1-6-8-9-12-15-18-22(31)19-16-13-10-11-14-17-20-23(26(33)30-24(7-2)27(34)38-4)29(36,28(35)39-5)21-25(32)37-3/h17,20,23-24,36H,6-16,18-19,21H2,1-5H3,(H,30,33)/b20-17-. The van der Waals surface area contributed by atoms with Crippen LogP contribution in [0.3, 0.4) is 0 Å². The Morgan fingerprint density at radius 3 is 1.92 bits per heavy atom. The maximum Gasteiger partial charge on any atom is 0.339 e. The van der Waals surface area contributed by atoms with Crippen molar-refractivity contribution in [1.82, 2.24) is 5.32 Å². The maximum atomic E-state index is 13.1. The molecule has 224 valence electrons. The van der Waals surface area contributed by atoms with E-state index >= 15 is 0 Å². The molecule has 3 unspecified atom stereocenters. The molecular formula is C29H49NO9. The van der Waals surface area contributed by atoms with Crippen molar-refractivity contribution in [3.8, 4) is 0 Å². The van der Waals surface area contributed by atoms with Gasteiger partial charge in [0.05, 0.1) is 33.7 Å². The van der Waals surface area contributed by atoms with Gasteiger partial charge in [0, 0.05) is 12.8 Å². The number of ether oxygens (including phenoxy) is 3. The number of carbonyl (C=O) groups is 5. The molecule has 0 aliphatic carbocycles. The van der Waals surface area contributed by atoms with E-state index in [1.165, 1.54) is 32.4 Å². The summed E-state index contributed by atoms with van der Waals surface area (Å²) in [6.45, 7) is 3.83. The van der Waals surface area contributed by atoms with Crippen LogP contribution < -0.4 is 5.32 Å². The van der Waals surface area contributed by atoms with Gasteiger partial charge < -0.3 is 24.6 Å². The van der Waals surface area contributed by atoms with Crippen LogP contribution in [0.4, 0.5) is 0 Å². The molecule has 0 fully saturated rings. The highest BCUT2D eigenvalue weighted by Gasteiger charge is 2.50. The molecule has 10 heteroatoms. The fourth-order valence-corrected chi connectivity index (χ4v) is 4.19. The molecule has 10 nitrogen and oxygen atoms in total. The molecule has 0 aromatic carbocycles. The number of esters is 3. The molecule has 2 N–H and O–H groups in total. The van der Waals surface area contributed by atoms with Gasteiger partial charge >= 0.3 is 17.9 Å². The Labute approximate surface area is 233 Å². The molecule has 3 atom stereocenters. The molecule has 0 saturated heterocycles. The van der Waals surface area contributed by atoms with E-state index in [1.54, 1.807) is 13.0 Å². The van der Waals surface area contributed by atoms with Gasteiger partial charge in [-0.2, -0.15) is 0 Å². The van der Waals surface area contributed by atoms with Crippen molar-refractivity contribution in [3.05, 3.63) is 12.2 Å². The Morgan fingerprint density at radius 2 is 1.41 bits per heavy atom. The summed E-state index contributed by atoms with van der Waals surface area (Å²) in [6, 6.07) is -1.00. The molecule has 0 aliphatic rings. The Morgan fingerprint density at radius 1 is 0.821 bits per heavy atom. The Kier molecular flexibility index (Phi) is 19.6. The van der Waals surface area contributed by atoms with Gasteiger partial charge in [0.1, 0.15) is 11.8 Å². The average molecular weight is 556 g/mol. The van der Waals surface area contributed by atoms with Gasteiger partial charge in [0.25, 0.3) is 0 Å². The predicted molar refractivity (Wildman–Crippen MR) is 147 cm³/mol. The lowest BCUT2D eigenvalue weighted by Crippen LogP contribution is -2.55. The first kappa shape index (κ1) is 36.2. The number of Topliss-reactive ketones (excluding diaryl/α,β-unsaturated/α-hetero) is 1. The number of carbonyl (C=O) groups excluding carboxylic acids is 5. The Bertz CT molecular complexity index is 796. The fraction of sp³-hybridized carbons (Fsp3) is 0.759. The van der Waals surface area contributed by atoms with Crippen LogP contribution in [0.2, 0.25) is 0 Å². The second kappa shape index (κ2) is 21.1. The van der Waals surface area contributed by atoms with E-state index in [1.807, 2.05) is 0 Å². The van der Waals surface area contributed by atoms with Crippen molar-refractivity contribution in [1.29, 1.82) is 0 Å². The van der Waals surface area contributed by atoms with Crippen LogP contribution in [-0.4, -0.2) is 67.7 Å². The number of rotatable bonds is 22. The molecule has 0 rings (SSSR count). The predicted octanol–water partition coefficient (Wildman–Crippen LogP) is 3.96. The second-order valence-electron chi connectivity index (χ2n) is 9.72. The smallest absolute Gasteiger partial charge is 0.339 e. The summed E-state index contributed by atoms with van der Waals surface area (Å²) in [4.78, 5) is 61.7. The van der Waals surface area contributed by atoms with E-state index in [-0.39, 0.29) is 6.42 Å². The van der Waals surface area contributed by atoms with Crippen LogP contribution in [0.1, 0.15) is 104 Å². The van der Waals surface area contributed by atoms with Crippen molar-refractivity contribution in [2.24, 2.45) is 5.92 Å². The van der Waals surface area contributed by atoms with Crippen LogP contribution in [-0.2, 0) is 38.2 Å². The zero-order valence-corrected chi connectivity index (χ0v) is 24.4. The molecule has 0 aliphatic heterocycles. The van der Waals surface area contributed by atoms with Gasteiger partial charge in [0.2, 0.25) is 5.91 Å². The minimum atomic E-state index is -2.55. The van der Waals surface area contributed by atoms with Crippen LogP contribution in [0.25, 0.3) is 0 Å². The van der Waals surface area contributed by atoms with Crippen LogP contribution in [0, 0.1) is 5.92 Å². The van der Waals surface area contributed by atoms with E-state index in [0.29, 0.717) is 25.0 Å². The third kappa shape index (κ3) is 14.3. The summed E-state index contributed by atoms with van der Waals surface area (Å²) in [7, 11) is 3.31. The zero-order chi connectivity index (χ0) is 29.7. The topological polar surface area (TPSA) is 145 Å². The summed E-state index contributed by atoms with van der Waals surface area (Å²) in [5.74, 6) is -4.84. The maximum absolute atomic E-state index is 13.1. The first-order chi connectivity index (χ1) is 18.6. The number of aliphatic hydroxyl groups is 1. The van der Waals surface area contributed by atoms with Gasteiger partial charge in [-0.1, -0.05) is 64.5 Å². The number of hydrogen-bond donors (Lipinski definition) is 2. The lowest BCUT2D eigenvalue weighted by Gasteiger charge is -2.31. The highest BCUT2D eigenvalue weighted by atomic mass is 16.5. The Hall–Kier alpha value is -2.75. The molecule has 0 aromatic rings. The molecule has 0 aromatic heterocycles. The van der Waals surface area contributed by atoms with E-state index in [4.69, 9.17) is 9.47 Å². The van der Waals surface area contributed by atoms with Crippen molar-refractivity contribution < 1.29 is 43.3 Å². The zero-order valence-electron chi connectivity index (χ0n) is 24.4. The fourth-order valence-electron chi connectivity index (χ4n) is 4.19. The van der Waals surface area contributed by atoms with Crippen molar-refractivity contribution in [2.45, 2.75) is 115 Å². The van der Waals surface area contributed by atoms with E-state index in [0.717, 1.165) is 52.7 Å². The number of hydrogen-bond acceptors (Lipinski definition) is 9. The number of ketones is 1. The minimum Gasteiger partial charge on any atom is -0.469 e. The third-order valence-corrected chi connectivity index (χ3v) is 6.65. The summed E-state index contributed by atoms with van der Waals surface area (Å²) in [6.07, 6.45) is 13.2. The number of methoxy groups -OCH3 is 3. The molecule has 39 heavy (non-hydrogen) atoms. The molecule has 0 radical (unpaired) electrons. The number of allylic oxidation sites excluding steroid dienone is 1. The van der Waals surface area contributed by atoms with Crippen molar-refractivity contribution in [2.75, 3.05) is 21.3 Å². The van der Waals surface area contributed by atoms with Gasteiger partial charge in [-0.15, -0.1) is 0 Å². The molecule has 0 saturated carbocycles. The number of amides is 1. The molecular weight excluding hydrogens is 506 g/mol. The monoisotopic (exact) mass is 555 g/mol. The highest BCUT2D eigenvalue weighted by molar-refractivity contribution is 5.95. The lowest BCUT2D eigenvalue weighted by molar-refractivity contribution is -0.176. The first-order valence-electron chi connectivity index (χ1n) is 14.0. The largest absolute Gasteiger partial charge is 0.469 e. The first-order valence-corrected chi connectivity index (χ1v) is 14.0. The molecule has 0 spiro atoms. The summed E-state index contributed by atoms with van der Waals surface area (Å²) < 4.78 is 14.0. The minimum absolute atomic E-state index is 0.212. The number of nitrogens with one attached hydrogen (secondary N) is 1. The molecule has 1 amide bonds. The number of unbranched alkanes of at least 4 members (excludes halogenated alkanes) is 8. The normalized spacial score (nSPS) is 14.2. The summed E-state index contributed by atoms with van der Waals surface area (Å²) in [5.41, 5.74) is -2.55. The molecule has 0 bridgehead atoms. The quantitative estimate of drug-likeness (QED) is 0.0877. The summed E-state index contributed by atoms with van der Waals surface area (Å²) in [5, 5.41) is 13.7. The van der Waals surface area contributed by atoms with Crippen molar-refractivity contribution in [3.63, 3.8) is 0 Å².